The van der Waals surface area contributed by atoms with E-state index in [9.17, 15) is 14.4 Å². The SMILES string of the molecule is COc1ccc(C(=O)N(CC(=O)[N+]2(C(N)=O)CCC(Oc3ccccn3)CC2)c2ccccc2)cc1. The van der Waals surface area contributed by atoms with E-state index < -0.39 is 16.4 Å². The Balaban J connectivity index is 1.54. The molecule has 9 heteroatoms. The van der Waals surface area contributed by atoms with Gasteiger partial charge in [-0.05, 0) is 42.5 Å². The molecule has 9 nitrogen and oxygen atoms in total. The van der Waals surface area contributed by atoms with Gasteiger partial charge in [-0.15, -0.1) is 0 Å². The molecule has 0 saturated carbocycles. The van der Waals surface area contributed by atoms with Crippen LogP contribution in [0.25, 0.3) is 0 Å². The lowest BCUT2D eigenvalue weighted by atomic mass is 10.0. The number of methoxy groups -OCH3 is 1. The van der Waals surface area contributed by atoms with Crippen molar-refractivity contribution in [3.63, 3.8) is 0 Å². The number of quaternary nitrogens is 1. The van der Waals surface area contributed by atoms with Gasteiger partial charge in [0.05, 0.1) is 20.2 Å². The van der Waals surface area contributed by atoms with Crippen LogP contribution in [-0.4, -0.2) is 60.2 Å². The first-order valence-corrected chi connectivity index (χ1v) is 11.7. The number of anilines is 1. The molecule has 1 aromatic heterocycles. The number of nitrogens with two attached hydrogens (primary N) is 1. The number of likely N-dealkylation sites (tertiary alicyclic amines) is 1. The fraction of sp³-hybridized carbons (Fsp3) is 0.259. The number of benzene rings is 2. The van der Waals surface area contributed by atoms with Crippen molar-refractivity contribution < 1.29 is 28.3 Å². The van der Waals surface area contributed by atoms with Gasteiger partial charge in [-0.1, -0.05) is 24.3 Å². The van der Waals surface area contributed by atoms with E-state index in [0.29, 0.717) is 35.7 Å². The topological polar surface area (TPSA) is 112 Å². The predicted molar refractivity (Wildman–Crippen MR) is 134 cm³/mol. The molecule has 1 fully saturated rings. The monoisotopic (exact) mass is 489 g/mol. The number of amides is 4. The summed E-state index contributed by atoms with van der Waals surface area (Å²) in [4.78, 5) is 45.3. The summed E-state index contributed by atoms with van der Waals surface area (Å²) in [6.45, 7) is 0.0691. The van der Waals surface area contributed by atoms with E-state index in [-0.39, 0.29) is 31.6 Å². The number of pyridine rings is 1. The Morgan fingerprint density at radius 2 is 1.64 bits per heavy atom. The maximum Gasteiger partial charge on any atom is 0.421 e. The number of urea groups is 1. The van der Waals surface area contributed by atoms with Crippen molar-refractivity contribution in [3.05, 3.63) is 84.6 Å². The molecule has 186 valence electrons. The quantitative estimate of drug-likeness (QED) is 0.509. The summed E-state index contributed by atoms with van der Waals surface area (Å²) in [6.07, 6.45) is 2.35. The minimum atomic E-state index is -0.735. The molecule has 0 aliphatic carbocycles. The molecule has 0 spiro atoms. The van der Waals surface area contributed by atoms with E-state index >= 15 is 0 Å². The smallest absolute Gasteiger partial charge is 0.421 e. The zero-order valence-corrected chi connectivity index (χ0v) is 20.1. The summed E-state index contributed by atoms with van der Waals surface area (Å²) < 4.78 is 10.6. The van der Waals surface area contributed by atoms with Crippen LogP contribution in [0.1, 0.15) is 23.2 Å². The number of primary amides is 1. The van der Waals surface area contributed by atoms with Crippen LogP contribution in [0.2, 0.25) is 0 Å². The van der Waals surface area contributed by atoms with Crippen LogP contribution in [0.15, 0.2) is 79.0 Å². The molecule has 1 saturated heterocycles. The number of aromatic nitrogens is 1. The predicted octanol–water partition coefficient (Wildman–Crippen LogP) is 3.40. The van der Waals surface area contributed by atoms with Crippen LogP contribution in [0, 0.1) is 0 Å². The van der Waals surface area contributed by atoms with Gasteiger partial charge in [0.2, 0.25) is 5.88 Å². The molecule has 2 aromatic carbocycles. The second-order valence-corrected chi connectivity index (χ2v) is 8.59. The minimum absolute atomic E-state index is 0.186. The van der Waals surface area contributed by atoms with Gasteiger partial charge in [0, 0.05) is 36.4 Å². The Kier molecular flexibility index (Phi) is 7.60. The van der Waals surface area contributed by atoms with Gasteiger partial charge < -0.3 is 15.2 Å². The molecule has 0 bridgehead atoms. The van der Waals surface area contributed by atoms with Gasteiger partial charge in [-0.25, -0.2) is 14.6 Å². The number of piperidine rings is 1. The lowest BCUT2D eigenvalue weighted by Crippen LogP contribution is -2.66. The third-order valence-corrected chi connectivity index (χ3v) is 6.43. The molecule has 4 amide bonds. The van der Waals surface area contributed by atoms with Gasteiger partial charge in [0.25, 0.3) is 5.91 Å². The van der Waals surface area contributed by atoms with Crippen molar-refractivity contribution in [2.75, 3.05) is 31.6 Å². The van der Waals surface area contributed by atoms with E-state index in [1.807, 2.05) is 12.1 Å². The first-order valence-electron chi connectivity index (χ1n) is 11.7. The summed E-state index contributed by atoms with van der Waals surface area (Å²) in [6, 6.07) is 20.2. The third-order valence-electron chi connectivity index (χ3n) is 6.43. The van der Waals surface area contributed by atoms with Crippen molar-refractivity contribution in [3.8, 4) is 11.6 Å². The molecule has 36 heavy (non-hydrogen) atoms. The molecule has 4 rings (SSSR count). The van der Waals surface area contributed by atoms with Crippen LogP contribution in [0.3, 0.4) is 0 Å². The van der Waals surface area contributed by atoms with Crippen LogP contribution in [-0.2, 0) is 4.79 Å². The fourth-order valence-electron chi connectivity index (χ4n) is 4.33. The van der Waals surface area contributed by atoms with Crippen LogP contribution in [0.5, 0.6) is 11.6 Å². The Morgan fingerprint density at radius 3 is 2.22 bits per heavy atom. The van der Waals surface area contributed by atoms with Crippen molar-refractivity contribution in [2.45, 2.75) is 18.9 Å². The number of carbonyl (C=O) groups excluding carboxylic acids is 3. The normalized spacial score (nSPS) is 19.2. The number of ether oxygens (including phenoxy) is 2. The van der Waals surface area contributed by atoms with Gasteiger partial charge in [0.15, 0.2) is 0 Å². The summed E-state index contributed by atoms with van der Waals surface area (Å²) in [5.41, 5.74) is 6.71. The maximum absolute atomic E-state index is 13.7. The minimum Gasteiger partial charge on any atom is -0.497 e. The Hall–Kier alpha value is -4.24. The third kappa shape index (κ3) is 5.36. The van der Waals surface area contributed by atoms with Crippen molar-refractivity contribution in [2.24, 2.45) is 5.73 Å². The van der Waals surface area contributed by atoms with E-state index in [2.05, 4.69) is 4.98 Å². The highest BCUT2D eigenvalue weighted by Crippen LogP contribution is 2.25. The van der Waals surface area contributed by atoms with Crippen LogP contribution < -0.4 is 20.1 Å². The average Bonchev–Trinajstić information content (AvgIpc) is 2.92. The highest BCUT2D eigenvalue weighted by atomic mass is 16.5. The molecular weight excluding hydrogens is 460 g/mol. The molecule has 2 N–H and O–H groups in total. The van der Waals surface area contributed by atoms with E-state index in [1.165, 1.54) is 4.90 Å². The summed E-state index contributed by atoms with van der Waals surface area (Å²) >= 11 is 0. The number of para-hydroxylation sites is 1. The van der Waals surface area contributed by atoms with Gasteiger partial charge in [-0.3, -0.25) is 9.69 Å². The zero-order chi connectivity index (χ0) is 25.5. The second-order valence-electron chi connectivity index (χ2n) is 8.59. The molecule has 1 aliphatic heterocycles. The number of hydrogen-bond donors (Lipinski definition) is 1. The van der Waals surface area contributed by atoms with E-state index in [1.54, 1.807) is 74.0 Å². The van der Waals surface area contributed by atoms with E-state index in [0.717, 1.165) is 0 Å². The lowest BCUT2D eigenvalue weighted by Gasteiger charge is -2.38. The van der Waals surface area contributed by atoms with Crippen molar-refractivity contribution >= 4 is 23.5 Å². The number of nitrogens with zero attached hydrogens (tertiary/aromatic N) is 3. The van der Waals surface area contributed by atoms with Gasteiger partial charge >= 0.3 is 11.9 Å². The fourth-order valence-corrected chi connectivity index (χ4v) is 4.33. The van der Waals surface area contributed by atoms with Gasteiger partial charge in [0.1, 0.15) is 18.4 Å². The number of imide groups is 1. The molecule has 0 unspecified atom stereocenters. The summed E-state index contributed by atoms with van der Waals surface area (Å²) in [5, 5.41) is 0. The Morgan fingerprint density at radius 1 is 0.972 bits per heavy atom. The lowest BCUT2D eigenvalue weighted by molar-refractivity contribution is -0.779. The van der Waals surface area contributed by atoms with Crippen LogP contribution >= 0.6 is 0 Å². The Bertz CT molecular complexity index is 1190. The second kappa shape index (κ2) is 11.0. The number of hydrogen-bond acceptors (Lipinski definition) is 6. The van der Waals surface area contributed by atoms with Gasteiger partial charge in [-0.2, -0.15) is 4.48 Å². The molecule has 0 radical (unpaired) electrons. The number of rotatable bonds is 7. The maximum atomic E-state index is 13.7. The van der Waals surface area contributed by atoms with E-state index in [4.69, 9.17) is 15.2 Å². The first-order chi connectivity index (χ1) is 17.4. The Labute approximate surface area is 209 Å². The molecule has 1 aliphatic rings. The largest absolute Gasteiger partial charge is 0.497 e. The first kappa shape index (κ1) is 24.9. The summed E-state index contributed by atoms with van der Waals surface area (Å²) in [5.74, 6) is 0.300. The molecular formula is C27H29N4O5+. The average molecular weight is 490 g/mol. The highest BCUT2D eigenvalue weighted by Gasteiger charge is 2.47. The van der Waals surface area contributed by atoms with Crippen LogP contribution in [0.4, 0.5) is 10.5 Å². The zero-order valence-electron chi connectivity index (χ0n) is 20.1. The summed E-state index contributed by atoms with van der Waals surface area (Å²) in [7, 11) is 1.54. The number of carbonyl (C=O) groups is 3. The molecule has 3 aromatic rings. The van der Waals surface area contributed by atoms with Crippen molar-refractivity contribution in [1.29, 1.82) is 0 Å². The highest BCUT2D eigenvalue weighted by molar-refractivity contribution is 6.08. The van der Waals surface area contributed by atoms with Crippen molar-refractivity contribution in [1.82, 2.24) is 4.98 Å². The standard InChI is InChI=1S/C27H28N4O5/c1-35-22-12-10-20(11-13-22)26(33)30(21-7-3-2-4-8-21)19-25(32)31(27(28)34)17-14-23(15-18-31)36-24-9-5-6-16-29-24/h2-13,16,23H,14-15,17-19H2,1H3,(H-,28,34)/p+1. The molecule has 2 heterocycles. The molecule has 0 atom stereocenters.